The molecule has 2 amide bonds. The quantitative estimate of drug-likeness (QED) is 0.726. The number of hydrogen-bond acceptors (Lipinski definition) is 3. The fourth-order valence-corrected chi connectivity index (χ4v) is 2.87. The molecule has 0 aliphatic carbocycles. The molecule has 0 saturated heterocycles. The van der Waals surface area contributed by atoms with E-state index < -0.39 is 5.91 Å². The van der Waals surface area contributed by atoms with E-state index in [0.717, 1.165) is 17.7 Å². The van der Waals surface area contributed by atoms with Gasteiger partial charge in [0.15, 0.2) is 0 Å². The molecule has 6 heteroatoms. The summed E-state index contributed by atoms with van der Waals surface area (Å²) >= 11 is 0. The van der Waals surface area contributed by atoms with Gasteiger partial charge in [0.2, 0.25) is 5.91 Å². The first kappa shape index (κ1) is 18.5. The van der Waals surface area contributed by atoms with Crippen molar-refractivity contribution in [3.8, 4) is 0 Å². The molecule has 0 saturated carbocycles. The van der Waals surface area contributed by atoms with Gasteiger partial charge in [-0.25, -0.2) is 4.39 Å². The van der Waals surface area contributed by atoms with E-state index >= 15 is 0 Å². The predicted octanol–water partition coefficient (Wildman–Crippen LogP) is 3.61. The van der Waals surface area contributed by atoms with Gasteiger partial charge in [-0.1, -0.05) is 25.1 Å². The van der Waals surface area contributed by atoms with Gasteiger partial charge in [0.25, 0.3) is 5.91 Å². The van der Waals surface area contributed by atoms with E-state index in [0.29, 0.717) is 22.2 Å². The summed E-state index contributed by atoms with van der Waals surface area (Å²) in [7, 11) is 0. The maximum absolute atomic E-state index is 13.3. The molecule has 3 aromatic rings. The average molecular weight is 365 g/mol. The minimum Gasteiger partial charge on any atom is -0.343 e. The van der Waals surface area contributed by atoms with E-state index in [2.05, 4.69) is 15.6 Å². The van der Waals surface area contributed by atoms with Crippen molar-refractivity contribution in [2.75, 3.05) is 11.9 Å². The van der Waals surface area contributed by atoms with E-state index in [1.807, 2.05) is 31.2 Å². The molecule has 27 heavy (non-hydrogen) atoms. The van der Waals surface area contributed by atoms with E-state index in [4.69, 9.17) is 0 Å². The van der Waals surface area contributed by atoms with Crippen LogP contribution in [0.1, 0.15) is 28.5 Å². The van der Waals surface area contributed by atoms with Crippen molar-refractivity contribution in [2.24, 2.45) is 0 Å². The molecular weight excluding hydrogens is 345 g/mol. The number of rotatable bonds is 5. The first-order valence-corrected chi connectivity index (χ1v) is 8.70. The zero-order chi connectivity index (χ0) is 19.4. The lowest BCUT2D eigenvalue weighted by Gasteiger charge is -2.11. The molecule has 138 valence electrons. The second kappa shape index (κ2) is 7.95. The molecule has 0 aliphatic heterocycles. The maximum atomic E-state index is 13.3. The van der Waals surface area contributed by atoms with Crippen LogP contribution in [0.3, 0.4) is 0 Å². The highest BCUT2D eigenvalue weighted by molar-refractivity contribution is 6.01. The van der Waals surface area contributed by atoms with Gasteiger partial charge >= 0.3 is 0 Å². The van der Waals surface area contributed by atoms with E-state index in [1.165, 1.54) is 12.1 Å². The molecule has 0 atom stereocenters. The monoisotopic (exact) mass is 365 g/mol. The third kappa shape index (κ3) is 4.28. The number of aromatic nitrogens is 1. The van der Waals surface area contributed by atoms with Gasteiger partial charge < -0.3 is 10.6 Å². The molecule has 0 fully saturated rings. The molecule has 2 aromatic carbocycles. The summed E-state index contributed by atoms with van der Waals surface area (Å²) in [6.45, 7) is 3.53. The van der Waals surface area contributed by atoms with Crippen molar-refractivity contribution in [1.29, 1.82) is 0 Å². The normalized spacial score (nSPS) is 10.6. The summed E-state index contributed by atoms with van der Waals surface area (Å²) in [6, 6.07) is 13.4. The largest absolute Gasteiger partial charge is 0.343 e. The zero-order valence-corrected chi connectivity index (χ0v) is 15.2. The Balaban J connectivity index is 1.68. The van der Waals surface area contributed by atoms with Crippen molar-refractivity contribution in [1.82, 2.24) is 10.3 Å². The number of pyridine rings is 1. The molecule has 0 aliphatic rings. The first-order valence-electron chi connectivity index (χ1n) is 8.70. The Kier molecular flexibility index (Phi) is 5.45. The summed E-state index contributed by atoms with van der Waals surface area (Å²) < 4.78 is 13.3. The number of amides is 2. The molecule has 0 unspecified atom stereocenters. The lowest BCUT2D eigenvalue weighted by Crippen LogP contribution is -2.33. The van der Waals surface area contributed by atoms with Crippen LogP contribution in [0.15, 0.2) is 48.5 Å². The van der Waals surface area contributed by atoms with Crippen LogP contribution in [0, 0.1) is 12.7 Å². The van der Waals surface area contributed by atoms with Crippen molar-refractivity contribution in [3.05, 3.63) is 71.2 Å². The molecule has 0 spiro atoms. The Labute approximate surface area is 156 Å². The van der Waals surface area contributed by atoms with Crippen molar-refractivity contribution in [3.63, 3.8) is 0 Å². The number of hydrogen-bond donors (Lipinski definition) is 2. The van der Waals surface area contributed by atoms with Gasteiger partial charge in [0, 0.05) is 17.1 Å². The van der Waals surface area contributed by atoms with Crippen LogP contribution in [0.4, 0.5) is 10.1 Å². The van der Waals surface area contributed by atoms with Crippen molar-refractivity contribution in [2.45, 2.75) is 20.3 Å². The molecule has 0 bridgehead atoms. The third-order valence-corrected chi connectivity index (χ3v) is 4.30. The van der Waals surface area contributed by atoms with Crippen LogP contribution in [0.25, 0.3) is 10.9 Å². The van der Waals surface area contributed by atoms with E-state index in [-0.39, 0.29) is 18.3 Å². The molecule has 0 radical (unpaired) electrons. The molecular formula is C21H20FN3O2. The Morgan fingerprint density at radius 2 is 1.89 bits per heavy atom. The lowest BCUT2D eigenvalue weighted by atomic mass is 10.1. The number of carbonyl (C=O) groups is 2. The van der Waals surface area contributed by atoms with Crippen LogP contribution < -0.4 is 10.6 Å². The topological polar surface area (TPSA) is 71.1 Å². The highest BCUT2D eigenvalue weighted by Gasteiger charge is 2.14. The van der Waals surface area contributed by atoms with Gasteiger partial charge in [0.05, 0.1) is 23.3 Å². The SMILES string of the molecule is CCc1ccccc1NC(=O)CNC(=O)c1cc2ccc(F)cc2nc1C. The number of para-hydroxylation sites is 1. The number of fused-ring (bicyclic) bond motifs is 1. The summed E-state index contributed by atoms with van der Waals surface area (Å²) in [5, 5.41) is 6.08. The van der Waals surface area contributed by atoms with Crippen LogP contribution in [0.2, 0.25) is 0 Å². The standard InChI is InChI=1S/C21H20FN3O2/c1-3-14-6-4-5-7-18(14)25-20(26)12-23-21(27)17-10-15-8-9-16(22)11-19(15)24-13(17)2/h4-11H,3,12H2,1-2H3,(H,23,27)(H,25,26). The van der Waals surface area contributed by atoms with E-state index in [9.17, 15) is 14.0 Å². The van der Waals surface area contributed by atoms with Crippen LogP contribution in [-0.4, -0.2) is 23.3 Å². The minimum absolute atomic E-state index is 0.155. The number of anilines is 1. The Hall–Kier alpha value is -3.28. The Morgan fingerprint density at radius 1 is 1.11 bits per heavy atom. The van der Waals surface area contributed by atoms with Gasteiger partial charge in [-0.3, -0.25) is 14.6 Å². The van der Waals surface area contributed by atoms with Gasteiger partial charge in [-0.2, -0.15) is 0 Å². The van der Waals surface area contributed by atoms with Gasteiger partial charge in [0.1, 0.15) is 5.82 Å². The highest BCUT2D eigenvalue weighted by atomic mass is 19.1. The predicted molar refractivity (Wildman–Crippen MR) is 103 cm³/mol. The maximum Gasteiger partial charge on any atom is 0.253 e. The number of aryl methyl sites for hydroxylation is 2. The fraction of sp³-hybridized carbons (Fsp3) is 0.190. The number of nitrogens with one attached hydrogen (secondary N) is 2. The Morgan fingerprint density at radius 3 is 2.67 bits per heavy atom. The molecule has 1 aromatic heterocycles. The van der Waals surface area contributed by atoms with E-state index in [1.54, 1.807) is 19.1 Å². The zero-order valence-electron chi connectivity index (χ0n) is 15.2. The molecule has 2 N–H and O–H groups in total. The van der Waals surface area contributed by atoms with Crippen molar-refractivity contribution < 1.29 is 14.0 Å². The second-order valence-corrected chi connectivity index (χ2v) is 6.20. The average Bonchev–Trinajstić information content (AvgIpc) is 2.66. The van der Waals surface area contributed by atoms with Crippen LogP contribution in [-0.2, 0) is 11.2 Å². The van der Waals surface area contributed by atoms with Crippen LogP contribution in [0.5, 0.6) is 0 Å². The summed E-state index contributed by atoms with van der Waals surface area (Å²) in [5.74, 6) is -1.08. The minimum atomic E-state index is -0.398. The molecule has 1 heterocycles. The number of nitrogens with zero attached hydrogens (tertiary/aromatic N) is 1. The smallest absolute Gasteiger partial charge is 0.253 e. The number of carbonyl (C=O) groups excluding carboxylic acids is 2. The molecule has 5 nitrogen and oxygen atoms in total. The summed E-state index contributed by atoms with van der Waals surface area (Å²) in [6.07, 6.45) is 0.797. The van der Waals surface area contributed by atoms with Crippen molar-refractivity contribution >= 4 is 28.4 Å². The Bertz CT molecular complexity index is 1020. The second-order valence-electron chi connectivity index (χ2n) is 6.20. The fourth-order valence-electron chi connectivity index (χ4n) is 2.87. The third-order valence-electron chi connectivity index (χ3n) is 4.30. The number of benzene rings is 2. The summed E-state index contributed by atoms with van der Waals surface area (Å²) in [5.41, 5.74) is 3.08. The molecule has 3 rings (SSSR count). The van der Waals surface area contributed by atoms with Gasteiger partial charge in [-0.15, -0.1) is 0 Å². The number of halogens is 1. The summed E-state index contributed by atoms with van der Waals surface area (Å²) in [4.78, 5) is 28.9. The highest BCUT2D eigenvalue weighted by Crippen LogP contribution is 2.18. The van der Waals surface area contributed by atoms with Crippen LogP contribution >= 0.6 is 0 Å². The first-order chi connectivity index (χ1) is 13.0. The lowest BCUT2D eigenvalue weighted by molar-refractivity contribution is -0.115. The van der Waals surface area contributed by atoms with Gasteiger partial charge in [-0.05, 0) is 43.2 Å².